The fraction of sp³-hybridized carbons (Fsp3) is 0.611. The van der Waals surface area contributed by atoms with Crippen molar-refractivity contribution in [2.75, 3.05) is 20.2 Å². The number of nitro groups is 1. The second-order valence-corrected chi connectivity index (χ2v) is 6.98. The first-order valence-electron chi connectivity index (χ1n) is 9.04. The van der Waals surface area contributed by atoms with Crippen LogP contribution in [0.3, 0.4) is 0 Å². The molecule has 1 aliphatic heterocycles. The van der Waals surface area contributed by atoms with Crippen molar-refractivity contribution in [2.24, 2.45) is 5.92 Å². The summed E-state index contributed by atoms with van der Waals surface area (Å²) in [5.41, 5.74) is 0.0554. The maximum absolute atomic E-state index is 12.5. The van der Waals surface area contributed by atoms with Crippen LogP contribution in [0.4, 0.5) is 14.5 Å². The van der Waals surface area contributed by atoms with Gasteiger partial charge in [-0.3, -0.25) is 19.8 Å². The van der Waals surface area contributed by atoms with Crippen LogP contribution in [0.5, 0.6) is 11.5 Å². The molecule has 0 unspecified atom stereocenters. The minimum Gasteiger partial charge on any atom is -0.493 e. The molecule has 1 N–H and O–H groups in total. The molecule has 1 heterocycles. The van der Waals surface area contributed by atoms with Gasteiger partial charge in [0.25, 0.3) is 5.69 Å². The molecule has 1 aromatic carbocycles. The van der Waals surface area contributed by atoms with Crippen molar-refractivity contribution in [3.05, 3.63) is 27.8 Å². The fourth-order valence-electron chi connectivity index (χ4n) is 3.08. The number of likely N-dealkylation sites (tertiary alicyclic amines) is 1. The van der Waals surface area contributed by atoms with Gasteiger partial charge in [0.2, 0.25) is 5.91 Å². The SMILES string of the molecule is COc1cc(CN2CCC(NC(=O)C(C)C)CC2)c([N+](=O)[O-])cc1OC(F)F. The molecule has 1 aliphatic rings. The summed E-state index contributed by atoms with van der Waals surface area (Å²) in [6, 6.07) is 2.41. The third-order valence-corrected chi connectivity index (χ3v) is 4.63. The molecule has 1 saturated heterocycles. The zero-order chi connectivity index (χ0) is 20.8. The van der Waals surface area contributed by atoms with Crippen LogP contribution in [0, 0.1) is 16.0 Å². The van der Waals surface area contributed by atoms with Crippen LogP contribution in [0.1, 0.15) is 32.3 Å². The lowest BCUT2D eigenvalue weighted by molar-refractivity contribution is -0.385. The number of halogens is 2. The van der Waals surface area contributed by atoms with Gasteiger partial charge in [-0.15, -0.1) is 0 Å². The average Bonchev–Trinajstić information content (AvgIpc) is 2.63. The van der Waals surface area contributed by atoms with Crippen LogP contribution in [-0.4, -0.2) is 48.6 Å². The number of piperidine rings is 1. The summed E-state index contributed by atoms with van der Waals surface area (Å²) in [5.74, 6) is -0.432. The number of hydrogen-bond donors (Lipinski definition) is 1. The van der Waals surface area contributed by atoms with E-state index in [1.165, 1.54) is 13.2 Å². The number of methoxy groups -OCH3 is 1. The molecule has 28 heavy (non-hydrogen) atoms. The Morgan fingerprint density at radius 1 is 1.32 bits per heavy atom. The third-order valence-electron chi connectivity index (χ3n) is 4.63. The number of alkyl halides is 2. The first-order chi connectivity index (χ1) is 13.2. The van der Waals surface area contributed by atoms with Gasteiger partial charge in [-0.25, -0.2) is 0 Å². The van der Waals surface area contributed by atoms with Gasteiger partial charge in [0.15, 0.2) is 11.5 Å². The van der Waals surface area contributed by atoms with Gasteiger partial charge >= 0.3 is 6.61 Å². The van der Waals surface area contributed by atoms with E-state index >= 15 is 0 Å². The van der Waals surface area contributed by atoms with Gasteiger partial charge in [0, 0.05) is 37.2 Å². The largest absolute Gasteiger partial charge is 0.493 e. The number of amides is 1. The molecule has 1 amide bonds. The average molecular weight is 401 g/mol. The second-order valence-electron chi connectivity index (χ2n) is 6.98. The van der Waals surface area contributed by atoms with Gasteiger partial charge in [-0.05, 0) is 18.9 Å². The smallest absolute Gasteiger partial charge is 0.387 e. The Labute approximate surface area is 161 Å². The number of carbonyl (C=O) groups excluding carboxylic acids is 1. The van der Waals surface area contributed by atoms with Gasteiger partial charge in [0.1, 0.15) is 0 Å². The van der Waals surface area contributed by atoms with Crippen molar-refractivity contribution >= 4 is 11.6 Å². The van der Waals surface area contributed by atoms with Crippen LogP contribution in [-0.2, 0) is 11.3 Å². The molecule has 0 radical (unpaired) electrons. The summed E-state index contributed by atoms with van der Waals surface area (Å²) in [4.78, 5) is 24.6. The first-order valence-corrected chi connectivity index (χ1v) is 9.04. The summed E-state index contributed by atoms with van der Waals surface area (Å²) in [6.45, 7) is 2.12. The highest BCUT2D eigenvalue weighted by atomic mass is 19.3. The van der Waals surface area contributed by atoms with Gasteiger partial charge < -0.3 is 14.8 Å². The van der Waals surface area contributed by atoms with E-state index in [9.17, 15) is 23.7 Å². The molecule has 8 nitrogen and oxygen atoms in total. The maximum Gasteiger partial charge on any atom is 0.387 e. The van der Waals surface area contributed by atoms with E-state index in [1.54, 1.807) is 0 Å². The van der Waals surface area contributed by atoms with E-state index in [0.29, 0.717) is 18.7 Å². The van der Waals surface area contributed by atoms with Crippen molar-refractivity contribution in [1.82, 2.24) is 10.2 Å². The number of rotatable bonds is 8. The van der Waals surface area contributed by atoms with Crippen molar-refractivity contribution < 1.29 is 28.0 Å². The summed E-state index contributed by atoms with van der Waals surface area (Å²) in [6.07, 6.45) is 1.46. The molecule has 2 rings (SSSR count). The number of ether oxygens (including phenoxy) is 2. The monoisotopic (exact) mass is 401 g/mol. The minimum atomic E-state index is -3.11. The van der Waals surface area contributed by atoms with Crippen molar-refractivity contribution in [3.8, 4) is 11.5 Å². The molecule has 0 bridgehead atoms. The summed E-state index contributed by atoms with van der Waals surface area (Å²) in [7, 11) is 1.28. The van der Waals surface area contributed by atoms with Gasteiger partial charge in [0.05, 0.1) is 18.1 Å². The highest BCUT2D eigenvalue weighted by Gasteiger charge is 2.26. The Balaban J connectivity index is 2.09. The number of benzene rings is 1. The Hall–Kier alpha value is -2.49. The topological polar surface area (TPSA) is 93.9 Å². The van der Waals surface area contributed by atoms with E-state index in [0.717, 1.165) is 18.9 Å². The predicted octanol–water partition coefficient (Wildman–Crippen LogP) is 2.94. The fourth-order valence-corrected chi connectivity index (χ4v) is 3.08. The molecule has 0 spiro atoms. The number of nitrogens with zero attached hydrogens (tertiary/aromatic N) is 2. The predicted molar refractivity (Wildman–Crippen MR) is 97.6 cm³/mol. The number of nitrogens with one attached hydrogen (secondary N) is 1. The lowest BCUT2D eigenvalue weighted by atomic mass is 10.0. The van der Waals surface area contributed by atoms with E-state index in [-0.39, 0.29) is 41.6 Å². The number of carbonyl (C=O) groups is 1. The molecule has 0 aromatic heterocycles. The standard InChI is InChI=1S/C18H25F2N3O5/c1-11(2)17(24)21-13-4-6-22(7-5-13)10-12-8-15(27-3)16(28-18(19)20)9-14(12)23(25)26/h8-9,11,13,18H,4-7,10H2,1-3H3,(H,21,24). The summed E-state index contributed by atoms with van der Waals surface area (Å²) in [5, 5.41) is 14.4. The van der Waals surface area contributed by atoms with Gasteiger partial charge in [-0.2, -0.15) is 8.78 Å². The second kappa shape index (κ2) is 9.63. The molecular formula is C18H25F2N3O5. The summed E-state index contributed by atoms with van der Waals surface area (Å²) >= 11 is 0. The number of hydrogen-bond acceptors (Lipinski definition) is 6. The molecule has 0 saturated carbocycles. The number of nitro benzene ring substituents is 1. The van der Waals surface area contributed by atoms with Crippen LogP contribution >= 0.6 is 0 Å². The first kappa shape index (κ1) is 21.8. The van der Waals surface area contributed by atoms with Crippen molar-refractivity contribution in [3.63, 3.8) is 0 Å². The zero-order valence-corrected chi connectivity index (χ0v) is 16.1. The normalized spacial score (nSPS) is 15.7. The van der Waals surface area contributed by atoms with Crippen LogP contribution in [0.15, 0.2) is 12.1 Å². The third kappa shape index (κ3) is 5.75. The molecule has 10 heteroatoms. The van der Waals surface area contributed by atoms with Gasteiger partial charge in [-0.1, -0.05) is 13.8 Å². The summed E-state index contributed by atoms with van der Waals surface area (Å²) < 4.78 is 34.4. The lowest BCUT2D eigenvalue weighted by Crippen LogP contribution is -2.45. The molecule has 0 atom stereocenters. The Morgan fingerprint density at radius 2 is 1.96 bits per heavy atom. The van der Waals surface area contributed by atoms with Crippen LogP contribution in [0.2, 0.25) is 0 Å². The molecule has 1 aromatic rings. The van der Waals surface area contributed by atoms with E-state index in [2.05, 4.69) is 10.1 Å². The minimum absolute atomic E-state index is 0.00782. The zero-order valence-electron chi connectivity index (χ0n) is 16.1. The maximum atomic E-state index is 12.5. The van der Waals surface area contributed by atoms with E-state index < -0.39 is 11.5 Å². The molecule has 1 fully saturated rings. The highest BCUT2D eigenvalue weighted by Crippen LogP contribution is 2.36. The van der Waals surface area contributed by atoms with Crippen molar-refractivity contribution in [1.29, 1.82) is 0 Å². The Kier molecular flexibility index (Phi) is 7.50. The van der Waals surface area contributed by atoms with E-state index in [4.69, 9.17) is 4.74 Å². The van der Waals surface area contributed by atoms with Crippen molar-refractivity contribution in [2.45, 2.75) is 45.9 Å². The Morgan fingerprint density at radius 3 is 2.46 bits per heavy atom. The quantitative estimate of drug-likeness (QED) is 0.532. The van der Waals surface area contributed by atoms with E-state index in [1.807, 2.05) is 18.7 Å². The Bertz CT molecular complexity index is 707. The molecular weight excluding hydrogens is 376 g/mol. The van der Waals surface area contributed by atoms with Crippen LogP contribution in [0.25, 0.3) is 0 Å². The molecule has 156 valence electrons. The lowest BCUT2D eigenvalue weighted by Gasteiger charge is -2.32. The van der Waals surface area contributed by atoms with Crippen LogP contribution < -0.4 is 14.8 Å². The molecule has 0 aliphatic carbocycles. The highest BCUT2D eigenvalue weighted by molar-refractivity contribution is 5.78.